The van der Waals surface area contributed by atoms with E-state index in [1.807, 2.05) is 18.2 Å². The molecule has 0 heterocycles. The number of hydrogen-bond donors (Lipinski definition) is 1. The minimum Gasteiger partial charge on any atom is -0.384 e. The van der Waals surface area contributed by atoms with Gasteiger partial charge in [0.2, 0.25) is 0 Å². The number of hydrogen-bond acceptors (Lipinski definition) is 1. The minimum absolute atomic E-state index is 0.287. The van der Waals surface area contributed by atoms with Crippen LogP contribution in [-0.2, 0) is 0 Å². The first-order valence-corrected chi connectivity index (χ1v) is 6.84. The summed E-state index contributed by atoms with van der Waals surface area (Å²) in [6.45, 7) is 0. The van der Waals surface area contributed by atoms with Crippen molar-refractivity contribution in [1.29, 1.82) is 0 Å². The van der Waals surface area contributed by atoms with Crippen LogP contribution in [0.15, 0.2) is 46.9 Å². The summed E-state index contributed by atoms with van der Waals surface area (Å²) in [5, 5.41) is 10.2. The van der Waals surface area contributed by atoms with Gasteiger partial charge in [-0.05, 0) is 46.9 Å². The molecule has 1 unspecified atom stereocenters. The number of benzene rings is 2. The first kappa shape index (κ1) is 13.0. The smallest absolute Gasteiger partial charge is 0.129 e. The summed E-state index contributed by atoms with van der Waals surface area (Å²) in [5.41, 5.74) is 0.956. The Hall–Kier alpha value is -0.460. The molecule has 0 aliphatic heterocycles. The van der Waals surface area contributed by atoms with Crippen molar-refractivity contribution in [3.05, 3.63) is 67.5 Å². The zero-order valence-corrected chi connectivity index (χ0v) is 12.4. The molecular weight excluding hydrogens is 398 g/mol. The summed E-state index contributed by atoms with van der Waals surface area (Å²) >= 11 is 5.52. The molecule has 0 aliphatic carbocycles. The van der Waals surface area contributed by atoms with Crippen LogP contribution in [0.25, 0.3) is 0 Å². The monoisotopic (exact) mass is 406 g/mol. The Bertz CT molecular complexity index is 545. The van der Waals surface area contributed by atoms with E-state index in [2.05, 4.69) is 38.5 Å². The number of halogens is 3. The van der Waals surface area contributed by atoms with Crippen molar-refractivity contribution in [3.8, 4) is 0 Å². The van der Waals surface area contributed by atoms with Crippen molar-refractivity contribution in [2.45, 2.75) is 6.10 Å². The highest BCUT2D eigenvalue weighted by molar-refractivity contribution is 14.1. The van der Waals surface area contributed by atoms with Gasteiger partial charge >= 0.3 is 0 Å². The van der Waals surface area contributed by atoms with Gasteiger partial charge in [-0.25, -0.2) is 4.39 Å². The fraction of sp³-hybridized carbons (Fsp3) is 0.0769. The molecule has 2 aromatic rings. The lowest BCUT2D eigenvalue weighted by Gasteiger charge is -2.14. The summed E-state index contributed by atoms with van der Waals surface area (Å²) in [7, 11) is 0. The average molecular weight is 407 g/mol. The molecule has 0 radical (unpaired) electrons. The molecule has 2 rings (SSSR count). The Morgan fingerprint density at radius 2 is 1.82 bits per heavy atom. The van der Waals surface area contributed by atoms with Crippen LogP contribution >= 0.6 is 38.5 Å². The van der Waals surface area contributed by atoms with Gasteiger partial charge in [-0.3, -0.25) is 0 Å². The summed E-state index contributed by atoms with van der Waals surface area (Å²) in [5.74, 6) is -0.397. The molecule has 0 saturated heterocycles. The van der Waals surface area contributed by atoms with E-state index in [0.29, 0.717) is 5.56 Å². The van der Waals surface area contributed by atoms with Crippen LogP contribution < -0.4 is 0 Å². The van der Waals surface area contributed by atoms with Crippen LogP contribution in [0.1, 0.15) is 17.2 Å². The molecular formula is C13H9BrFIO. The SMILES string of the molecule is OC(c1ccccc1F)c1cc(I)ccc1Br. The van der Waals surface area contributed by atoms with Gasteiger partial charge in [0.1, 0.15) is 11.9 Å². The van der Waals surface area contributed by atoms with Gasteiger partial charge in [0.15, 0.2) is 0 Å². The van der Waals surface area contributed by atoms with Crippen LogP contribution in [0.5, 0.6) is 0 Å². The second kappa shape index (κ2) is 5.46. The van der Waals surface area contributed by atoms with Crippen LogP contribution in [-0.4, -0.2) is 5.11 Å². The molecule has 0 saturated carbocycles. The Morgan fingerprint density at radius 1 is 1.12 bits per heavy atom. The molecule has 0 aromatic heterocycles. The Labute approximate surface area is 121 Å². The van der Waals surface area contributed by atoms with E-state index < -0.39 is 11.9 Å². The first-order valence-electron chi connectivity index (χ1n) is 4.97. The van der Waals surface area contributed by atoms with E-state index >= 15 is 0 Å². The van der Waals surface area contributed by atoms with Gasteiger partial charge in [-0.1, -0.05) is 34.1 Å². The third-order valence-electron chi connectivity index (χ3n) is 2.45. The molecule has 0 bridgehead atoms. The van der Waals surface area contributed by atoms with Crippen molar-refractivity contribution in [3.63, 3.8) is 0 Å². The second-order valence-electron chi connectivity index (χ2n) is 3.59. The maximum atomic E-state index is 13.6. The van der Waals surface area contributed by atoms with Gasteiger partial charge in [-0.2, -0.15) is 0 Å². The summed E-state index contributed by atoms with van der Waals surface area (Å²) in [4.78, 5) is 0. The van der Waals surface area contributed by atoms with E-state index in [0.717, 1.165) is 8.04 Å². The maximum absolute atomic E-state index is 13.6. The van der Waals surface area contributed by atoms with Crippen molar-refractivity contribution in [2.75, 3.05) is 0 Å². The lowest BCUT2D eigenvalue weighted by molar-refractivity contribution is 0.214. The molecule has 0 aliphatic rings. The highest BCUT2D eigenvalue weighted by atomic mass is 127. The molecule has 88 valence electrons. The number of aliphatic hydroxyl groups is 1. The highest BCUT2D eigenvalue weighted by Gasteiger charge is 2.17. The average Bonchev–Trinajstić information content (AvgIpc) is 2.32. The molecule has 17 heavy (non-hydrogen) atoms. The zero-order chi connectivity index (χ0) is 12.4. The summed E-state index contributed by atoms with van der Waals surface area (Å²) in [6, 6.07) is 11.9. The molecule has 0 spiro atoms. The largest absolute Gasteiger partial charge is 0.384 e. The third kappa shape index (κ3) is 2.86. The van der Waals surface area contributed by atoms with Crippen molar-refractivity contribution < 1.29 is 9.50 Å². The Morgan fingerprint density at radius 3 is 2.53 bits per heavy atom. The van der Waals surface area contributed by atoms with E-state index in [4.69, 9.17) is 0 Å². The van der Waals surface area contributed by atoms with E-state index in [-0.39, 0.29) is 5.56 Å². The van der Waals surface area contributed by atoms with Gasteiger partial charge in [-0.15, -0.1) is 0 Å². The van der Waals surface area contributed by atoms with Crippen LogP contribution in [0.4, 0.5) is 4.39 Å². The second-order valence-corrected chi connectivity index (χ2v) is 5.69. The lowest BCUT2D eigenvalue weighted by atomic mass is 10.0. The normalized spacial score (nSPS) is 12.5. The molecule has 0 fully saturated rings. The Balaban J connectivity index is 2.47. The molecule has 4 heteroatoms. The third-order valence-corrected chi connectivity index (χ3v) is 3.85. The van der Waals surface area contributed by atoms with E-state index in [1.54, 1.807) is 18.2 Å². The van der Waals surface area contributed by atoms with E-state index in [1.165, 1.54) is 6.07 Å². The fourth-order valence-electron chi connectivity index (χ4n) is 1.59. The predicted octanol–water partition coefficient (Wildman–Crippen LogP) is 4.27. The van der Waals surface area contributed by atoms with Gasteiger partial charge in [0, 0.05) is 19.2 Å². The fourth-order valence-corrected chi connectivity index (χ4v) is 2.57. The van der Waals surface area contributed by atoms with Crippen molar-refractivity contribution in [1.82, 2.24) is 0 Å². The van der Waals surface area contributed by atoms with Crippen LogP contribution in [0.3, 0.4) is 0 Å². The quantitative estimate of drug-likeness (QED) is 0.738. The maximum Gasteiger partial charge on any atom is 0.129 e. The molecule has 1 N–H and O–H groups in total. The molecule has 2 aromatic carbocycles. The number of aliphatic hydroxyl groups excluding tert-OH is 1. The highest BCUT2D eigenvalue weighted by Crippen LogP contribution is 2.30. The summed E-state index contributed by atoms with van der Waals surface area (Å²) in [6.07, 6.45) is -0.958. The van der Waals surface area contributed by atoms with E-state index in [9.17, 15) is 9.50 Å². The lowest BCUT2D eigenvalue weighted by Crippen LogP contribution is -2.03. The first-order chi connectivity index (χ1) is 8.09. The number of rotatable bonds is 2. The van der Waals surface area contributed by atoms with Gasteiger partial charge < -0.3 is 5.11 Å². The van der Waals surface area contributed by atoms with Crippen LogP contribution in [0.2, 0.25) is 0 Å². The Kier molecular flexibility index (Phi) is 4.17. The molecule has 1 nitrogen and oxygen atoms in total. The topological polar surface area (TPSA) is 20.2 Å². The van der Waals surface area contributed by atoms with Crippen molar-refractivity contribution in [2.24, 2.45) is 0 Å². The minimum atomic E-state index is -0.958. The zero-order valence-electron chi connectivity index (χ0n) is 8.70. The van der Waals surface area contributed by atoms with Crippen molar-refractivity contribution >= 4 is 38.5 Å². The van der Waals surface area contributed by atoms with Crippen LogP contribution in [0, 0.1) is 9.39 Å². The van der Waals surface area contributed by atoms with Gasteiger partial charge in [0.25, 0.3) is 0 Å². The van der Waals surface area contributed by atoms with Gasteiger partial charge in [0.05, 0.1) is 0 Å². The molecule has 0 amide bonds. The summed E-state index contributed by atoms with van der Waals surface area (Å²) < 4.78 is 15.3. The molecule has 1 atom stereocenters. The predicted molar refractivity (Wildman–Crippen MR) is 77.3 cm³/mol. The standard InChI is InChI=1S/C13H9BrFIO/c14-11-6-5-8(16)7-10(11)13(17)9-3-1-2-4-12(9)15/h1-7,13,17H.